The fourth-order valence-corrected chi connectivity index (χ4v) is 2.12. The van der Waals surface area contributed by atoms with Crippen molar-refractivity contribution >= 4 is 23.1 Å². The van der Waals surface area contributed by atoms with Crippen molar-refractivity contribution in [3.05, 3.63) is 54.1 Å². The SMILES string of the molecule is O=CC1(/C=C/c2cccc3ccccc23)CC1. The molecule has 0 saturated heterocycles. The number of allylic oxidation sites excluding steroid dienone is 1. The summed E-state index contributed by atoms with van der Waals surface area (Å²) in [6.07, 6.45) is 7.22. The molecule has 84 valence electrons. The van der Waals surface area contributed by atoms with Gasteiger partial charge in [-0.3, -0.25) is 0 Å². The van der Waals surface area contributed by atoms with Gasteiger partial charge in [0.1, 0.15) is 6.29 Å². The van der Waals surface area contributed by atoms with Gasteiger partial charge in [0.25, 0.3) is 0 Å². The molecule has 1 aliphatic carbocycles. The van der Waals surface area contributed by atoms with Gasteiger partial charge in [-0.1, -0.05) is 54.6 Å². The summed E-state index contributed by atoms with van der Waals surface area (Å²) in [5.41, 5.74) is 1.04. The lowest BCUT2D eigenvalue weighted by Crippen LogP contribution is -1.94. The standard InChI is InChI=1S/C16H14O/c17-12-16(10-11-16)9-8-14-6-3-5-13-4-1-2-7-15(13)14/h1-9,12H,10-11H2/b9-8+. The zero-order chi connectivity index (χ0) is 11.7. The normalized spacial score (nSPS) is 17.4. The average molecular weight is 222 g/mol. The number of hydrogen-bond donors (Lipinski definition) is 0. The molecule has 3 rings (SSSR count). The molecule has 1 heteroatoms. The molecule has 0 heterocycles. The largest absolute Gasteiger partial charge is 0.302 e. The van der Waals surface area contributed by atoms with Crippen LogP contribution in [-0.2, 0) is 4.79 Å². The van der Waals surface area contributed by atoms with E-state index in [0.29, 0.717) is 0 Å². The zero-order valence-corrected chi connectivity index (χ0v) is 9.60. The third kappa shape index (κ3) is 1.89. The molecule has 0 amide bonds. The highest BCUT2D eigenvalue weighted by Crippen LogP contribution is 2.45. The molecule has 0 aliphatic heterocycles. The van der Waals surface area contributed by atoms with Crippen molar-refractivity contribution in [2.75, 3.05) is 0 Å². The van der Waals surface area contributed by atoms with Crippen molar-refractivity contribution in [1.29, 1.82) is 0 Å². The minimum Gasteiger partial charge on any atom is -0.302 e. The van der Waals surface area contributed by atoms with Gasteiger partial charge in [0.05, 0.1) is 0 Å². The Bertz CT molecular complexity index is 586. The van der Waals surface area contributed by atoms with Crippen LogP contribution in [0.1, 0.15) is 18.4 Å². The van der Waals surface area contributed by atoms with Crippen molar-refractivity contribution in [2.24, 2.45) is 5.41 Å². The maximum atomic E-state index is 10.9. The number of aldehydes is 1. The second-order valence-corrected chi connectivity index (χ2v) is 4.75. The summed E-state index contributed by atoms with van der Waals surface area (Å²) in [5.74, 6) is 0. The van der Waals surface area contributed by atoms with Crippen LogP contribution in [-0.4, -0.2) is 6.29 Å². The van der Waals surface area contributed by atoms with Gasteiger partial charge in [-0.05, 0) is 29.2 Å². The molecule has 1 nitrogen and oxygen atoms in total. The quantitative estimate of drug-likeness (QED) is 0.721. The van der Waals surface area contributed by atoms with E-state index in [1.807, 2.05) is 12.1 Å². The van der Waals surface area contributed by atoms with E-state index >= 15 is 0 Å². The molecule has 1 fully saturated rings. The molecule has 0 N–H and O–H groups in total. The zero-order valence-electron chi connectivity index (χ0n) is 9.60. The number of carbonyl (C=O) groups is 1. The molecule has 2 aromatic carbocycles. The van der Waals surface area contributed by atoms with Gasteiger partial charge in [0.2, 0.25) is 0 Å². The smallest absolute Gasteiger partial charge is 0.129 e. The highest BCUT2D eigenvalue weighted by Gasteiger charge is 2.39. The predicted molar refractivity (Wildman–Crippen MR) is 70.7 cm³/mol. The van der Waals surface area contributed by atoms with E-state index in [1.54, 1.807) is 0 Å². The van der Waals surface area contributed by atoms with Gasteiger partial charge in [-0.15, -0.1) is 0 Å². The highest BCUT2D eigenvalue weighted by molar-refractivity contribution is 5.91. The third-order valence-corrected chi connectivity index (χ3v) is 3.48. The topological polar surface area (TPSA) is 17.1 Å². The Kier molecular flexibility index (Phi) is 2.32. The second kappa shape index (κ2) is 3.85. The molecule has 1 aliphatic rings. The molecule has 0 spiro atoms. The minimum atomic E-state index is -0.156. The number of fused-ring (bicyclic) bond motifs is 1. The first-order valence-corrected chi connectivity index (χ1v) is 5.96. The lowest BCUT2D eigenvalue weighted by Gasteiger charge is -2.03. The first-order chi connectivity index (χ1) is 8.33. The second-order valence-electron chi connectivity index (χ2n) is 4.75. The Labute approximate surface area is 101 Å². The van der Waals surface area contributed by atoms with Gasteiger partial charge in [0, 0.05) is 5.41 Å². The monoisotopic (exact) mass is 222 g/mol. The van der Waals surface area contributed by atoms with Gasteiger partial charge in [-0.2, -0.15) is 0 Å². The lowest BCUT2D eigenvalue weighted by molar-refractivity contribution is -0.110. The molecule has 0 aromatic heterocycles. The molecule has 2 aromatic rings. The van der Waals surface area contributed by atoms with E-state index in [9.17, 15) is 4.79 Å². The molecular weight excluding hydrogens is 208 g/mol. The van der Waals surface area contributed by atoms with E-state index in [1.165, 1.54) is 16.3 Å². The maximum Gasteiger partial charge on any atom is 0.129 e. The summed E-state index contributed by atoms with van der Waals surface area (Å²) in [6, 6.07) is 14.6. The van der Waals surface area contributed by atoms with E-state index in [-0.39, 0.29) is 5.41 Å². The molecule has 17 heavy (non-hydrogen) atoms. The lowest BCUT2D eigenvalue weighted by atomic mass is 10.0. The molecule has 0 radical (unpaired) electrons. The van der Waals surface area contributed by atoms with Gasteiger partial charge in [-0.25, -0.2) is 0 Å². The average Bonchev–Trinajstić information content (AvgIpc) is 3.17. The number of hydrogen-bond acceptors (Lipinski definition) is 1. The van der Waals surface area contributed by atoms with Crippen LogP contribution in [0, 0.1) is 5.41 Å². The predicted octanol–water partition coefficient (Wildman–Crippen LogP) is 3.83. The molecule has 0 atom stereocenters. The van der Waals surface area contributed by atoms with Crippen molar-refractivity contribution in [3.8, 4) is 0 Å². The van der Waals surface area contributed by atoms with Gasteiger partial charge in [0.15, 0.2) is 0 Å². The minimum absolute atomic E-state index is 0.156. The fraction of sp³-hybridized carbons (Fsp3) is 0.188. The number of rotatable bonds is 3. The maximum absolute atomic E-state index is 10.9. The summed E-state index contributed by atoms with van der Waals surface area (Å²) < 4.78 is 0. The van der Waals surface area contributed by atoms with Crippen LogP contribution < -0.4 is 0 Å². The van der Waals surface area contributed by atoms with E-state index in [0.717, 1.165) is 19.1 Å². The highest BCUT2D eigenvalue weighted by atomic mass is 16.1. The Morgan fingerprint density at radius 2 is 1.76 bits per heavy atom. The summed E-state index contributed by atoms with van der Waals surface area (Å²) in [6.45, 7) is 0. The fourth-order valence-electron chi connectivity index (χ4n) is 2.12. The van der Waals surface area contributed by atoms with Gasteiger partial charge >= 0.3 is 0 Å². The molecule has 0 unspecified atom stereocenters. The van der Waals surface area contributed by atoms with E-state index in [2.05, 4.69) is 42.5 Å². The van der Waals surface area contributed by atoms with Crippen LogP contribution in [0.15, 0.2) is 48.5 Å². The van der Waals surface area contributed by atoms with Gasteiger partial charge < -0.3 is 4.79 Å². The molecule has 0 bridgehead atoms. The third-order valence-electron chi connectivity index (χ3n) is 3.48. The first kappa shape index (κ1) is 10.3. The van der Waals surface area contributed by atoms with Crippen molar-refractivity contribution in [2.45, 2.75) is 12.8 Å². The van der Waals surface area contributed by atoms with Crippen molar-refractivity contribution < 1.29 is 4.79 Å². The molecular formula is C16H14O. The first-order valence-electron chi connectivity index (χ1n) is 5.96. The van der Waals surface area contributed by atoms with Crippen molar-refractivity contribution in [3.63, 3.8) is 0 Å². The molecule has 1 saturated carbocycles. The van der Waals surface area contributed by atoms with Crippen LogP contribution in [0.4, 0.5) is 0 Å². The van der Waals surface area contributed by atoms with Crippen molar-refractivity contribution in [1.82, 2.24) is 0 Å². The number of carbonyl (C=O) groups excluding carboxylic acids is 1. The van der Waals surface area contributed by atoms with Crippen LogP contribution in [0.25, 0.3) is 16.8 Å². The Hall–Kier alpha value is -1.89. The van der Waals surface area contributed by atoms with Crippen LogP contribution in [0.3, 0.4) is 0 Å². The van der Waals surface area contributed by atoms with E-state index in [4.69, 9.17) is 0 Å². The Morgan fingerprint density at radius 1 is 1.00 bits per heavy atom. The van der Waals surface area contributed by atoms with Crippen LogP contribution in [0.2, 0.25) is 0 Å². The van der Waals surface area contributed by atoms with Crippen LogP contribution in [0.5, 0.6) is 0 Å². The Balaban J connectivity index is 2.03. The summed E-state index contributed by atoms with van der Waals surface area (Å²) in [7, 11) is 0. The Morgan fingerprint density at radius 3 is 2.53 bits per heavy atom. The summed E-state index contributed by atoms with van der Waals surface area (Å²) in [4.78, 5) is 10.9. The summed E-state index contributed by atoms with van der Waals surface area (Å²) in [5, 5.41) is 2.48. The van der Waals surface area contributed by atoms with Crippen LogP contribution >= 0.6 is 0 Å². The summed E-state index contributed by atoms with van der Waals surface area (Å²) >= 11 is 0. The number of benzene rings is 2. The van der Waals surface area contributed by atoms with E-state index < -0.39 is 0 Å².